The van der Waals surface area contributed by atoms with Gasteiger partial charge in [-0.15, -0.1) is 0 Å². The fraction of sp³-hybridized carbons (Fsp3) is 0.562. The first-order chi connectivity index (χ1) is 11.1. The SMILES string of the molecule is COC(=O)NCCO[C@@H](c1ccc(F)c(Cl)c1)[C@@H]1CCCNC1. The third-order valence-electron chi connectivity index (χ3n) is 3.89. The van der Waals surface area contributed by atoms with Crippen molar-refractivity contribution < 1.29 is 18.7 Å². The second-order valence-corrected chi connectivity index (χ2v) is 5.90. The molecule has 0 unspecified atom stereocenters. The van der Waals surface area contributed by atoms with E-state index in [1.54, 1.807) is 12.1 Å². The zero-order chi connectivity index (χ0) is 16.7. The van der Waals surface area contributed by atoms with E-state index in [1.165, 1.54) is 13.2 Å². The molecule has 2 rings (SSSR count). The van der Waals surface area contributed by atoms with Crippen LogP contribution in [-0.4, -0.2) is 39.4 Å². The fourth-order valence-corrected chi connectivity index (χ4v) is 2.93. The summed E-state index contributed by atoms with van der Waals surface area (Å²) in [5, 5.41) is 6.02. The largest absolute Gasteiger partial charge is 0.453 e. The van der Waals surface area contributed by atoms with E-state index < -0.39 is 11.9 Å². The number of carbonyl (C=O) groups excluding carboxylic acids is 1. The zero-order valence-electron chi connectivity index (χ0n) is 13.1. The summed E-state index contributed by atoms with van der Waals surface area (Å²) in [7, 11) is 1.31. The van der Waals surface area contributed by atoms with Crippen molar-refractivity contribution >= 4 is 17.7 Å². The van der Waals surface area contributed by atoms with E-state index in [0.29, 0.717) is 13.2 Å². The third-order valence-corrected chi connectivity index (χ3v) is 4.18. The summed E-state index contributed by atoms with van der Waals surface area (Å²) in [5.74, 6) is -0.160. The summed E-state index contributed by atoms with van der Waals surface area (Å²) in [6.45, 7) is 2.52. The summed E-state index contributed by atoms with van der Waals surface area (Å²) < 4.78 is 23.9. The van der Waals surface area contributed by atoms with Crippen LogP contribution in [0, 0.1) is 11.7 Å². The predicted octanol–water partition coefficient (Wildman–Crippen LogP) is 2.89. The molecular weight excluding hydrogens is 323 g/mol. The summed E-state index contributed by atoms with van der Waals surface area (Å²) in [5.41, 5.74) is 0.850. The second kappa shape index (κ2) is 9.05. The van der Waals surface area contributed by atoms with Crippen molar-refractivity contribution in [2.75, 3.05) is 33.4 Å². The number of hydrogen-bond acceptors (Lipinski definition) is 4. The van der Waals surface area contributed by atoms with Gasteiger partial charge >= 0.3 is 6.09 Å². The van der Waals surface area contributed by atoms with Crippen LogP contribution in [0.15, 0.2) is 18.2 Å². The van der Waals surface area contributed by atoms with Gasteiger partial charge in [-0.1, -0.05) is 17.7 Å². The molecule has 2 atom stereocenters. The molecule has 1 aliphatic rings. The van der Waals surface area contributed by atoms with Crippen molar-refractivity contribution in [1.29, 1.82) is 0 Å². The molecule has 1 amide bonds. The molecule has 2 N–H and O–H groups in total. The Morgan fingerprint density at radius 3 is 3.04 bits per heavy atom. The van der Waals surface area contributed by atoms with Crippen LogP contribution in [0.2, 0.25) is 5.02 Å². The maximum atomic E-state index is 13.4. The predicted molar refractivity (Wildman–Crippen MR) is 86.1 cm³/mol. The van der Waals surface area contributed by atoms with Crippen molar-refractivity contribution in [3.8, 4) is 0 Å². The van der Waals surface area contributed by atoms with Crippen molar-refractivity contribution in [2.45, 2.75) is 18.9 Å². The smallest absolute Gasteiger partial charge is 0.406 e. The Kier molecular flexibility index (Phi) is 7.08. The number of hydrogen-bond donors (Lipinski definition) is 2. The number of rotatable bonds is 6. The Morgan fingerprint density at radius 2 is 2.39 bits per heavy atom. The molecule has 0 radical (unpaired) electrons. The van der Waals surface area contributed by atoms with Gasteiger partial charge in [-0.05, 0) is 37.1 Å². The molecule has 128 valence electrons. The average Bonchev–Trinajstić information content (AvgIpc) is 2.58. The van der Waals surface area contributed by atoms with Crippen LogP contribution in [0.1, 0.15) is 24.5 Å². The maximum absolute atomic E-state index is 13.4. The van der Waals surface area contributed by atoms with E-state index in [0.717, 1.165) is 31.5 Å². The van der Waals surface area contributed by atoms with Gasteiger partial charge in [0.15, 0.2) is 0 Å². The Hall–Kier alpha value is -1.37. The van der Waals surface area contributed by atoms with E-state index in [-0.39, 0.29) is 17.0 Å². The number of amides is 1. The lowest BCUT2D eigenvalue weighted by Crippen LogP contribution is -2.35. The summed E-state index contributed by atoms with van der Waals surface area (Å²) >= 11 is 5.90. The molecule has 1 saturated heterocycles. The second-order valence-electron chi connectivity index (χ2n) is 5.49. The first-order valence-corrected chi connectivity index (χ1v) is 8.08. The Morgan fingerprint density at radius 1 is 1.57 bits per heavy atom. The van der Waals surface area contributed by atoms with Crippen LogP contribution in [0.3, 0.4) is 0 Å². The van der Waals surface area contributed by atoms with Gasteiger partial charge in [-0.25, -0.2) is 9.18 Å². The molecule has 1 aromatic carbocycles. The van der Waals surface area contributed by atoms with Gasteiger partial charge in [-0.2, -0.15) is 0 Å². The number of ether oxygens (including phenoxy) is 2. The van der Waals surface area contributed by atoms with Gasteiger partial charge in [0.25, 0.3) is 0 Å². The molecule has 1 aliphatic heterocycles. The molecule has 0 spiro atoms. The van der Waals surface area contributed by atoms with Gasteiger partial charge in [0.1, 0.15) is 5.82 Å². The number of methoxy groups -OCH3 is 1. The lowest BCUT2D eigenvalue weighted by Gasteiger charge is -2.31. The van der Waals surface area contributed by atoms with E-state index in [1.807, 2.05) is 0 Å². The van der Waals surface area contributed by atoms with Crippen LogP contribution in [0.25, 0.3) is 0 Å². The summed E-state index contributed by atoms with van der Waals surface area (Å²) in [6, 6.07) is 4.68. The minimum atomic E-state index is -0.491. The van der Waals surface area contributed by atoms with Crippen LogP contribution < -0.4 is 10.6 Å². The highest BCUT2D eigenvalue weighted by molar-refractivity contribution is 6.30. The van der Waals surface area contributed by atoms with E-state index in [2.05, 4.69) is 15.4 Å². The molecular formula is C16H22ClFN2O3. The van der Waals surface area contributed by atoms with Gasteiger partial charge in [0.05, 0.1) is 24.8 Å². The Bertz CT molecular complexity index is 524. The molecule has 1 aromatic rings. The minimum absolute atomic E-state index is 0.0903. The van der Waals surface area contributed by atoms with Crippen LogP contribution >= 0.6 is 11.6 Å². The number of carbonyl (C=O) groups is 1. The average molecular weight is 345 g/mol. The maximum Gasteiger partial charge on any atom is 0.406 e. The number of halogens is 2. The first kappa shape index (κ1) is 18.0. The Labute approximate surface area is 140 Å². The number of alkyl carbamates (subject to hydrolysis) is 1. The molecule has 1 fully saturated rings. The summed E-state index contributed by atoms with van der Waals surface area (Å²) in [6.07, 6.45) is 1.41. The van der Waals surface area contributed by atoms with E-state index >= 15 is 0 Å². The van der Waals surface area contributed by atoms with E-state index in [4.69, 9.17) is 16.3 Å². The molecule has 23 heavy (non-hydrogen) atoms. The summed E-state index contributed by atoms with van der Waals surface area (Å²) in [4.78, 5) is 11.1. The first-order valence-electron chi connectivity index (χ1n) is 7.71. The molecule has 0 aromatic heterocycles. The highest BCUT2D eigenvalue weighted by Crippen LogP contribution is 2.32. The Balaban J connectivity index is 2.02. The standard InChI is InChI=1S/C16H22ClFN2O3/c1-22-16(21)20-7-8-23-15(12-3-2-6-19-10-12)11-4-5-14(18)13(17)9-11/h4-5,9,12,15,19H,2-3,6-8,10H2,1H3,(H,20,21)/t12-,15+/m1/s1. The van der Waals surface area contributed by atoms with Gasteiger partial charge in [0, 0.05) is 19.0 Å². The lowest BCUT2D eigenvalue weighted by atomic mass is 9.89. The van der Waals surface area contributed by atoms with Crippen molar-refractivity contribution in [3.63, 3.8) is 0 Å². The van der Waals surface area contributed by atoms with Crippen LogP contribution in [-0.2, 0) is 9.47 Å². The van der Waals surface area contributed by atoms with Crippen molar-refractivity contribution in [2.24, 2.45) is 5.92 Å². The molecule has 0 bridgehead atoms. The molecule has 1 heterocycles. The molecule has 5 nitrogen and oxygen atoms in total. The monoisotopic (exact) mass is 344 g/mol. The fourth-order valence-electron chi connectivity index (χ4n) is 2.74. The van der Waals surface area contributed by atoms with Gasteiger partial charge in [-0.3, -0.25) is 0 Å². The third kappa shape index (κ3) is 5.34. The molecule has 0 saturated carbocycles. The number of piperidine rings is 1. The quantitative estimate of drug-likeness (QED) is 0.779. The van der Waals surface area contributed by atoms with Crippen LogP contribution in [0.4, 0.5) is 9.18 Å². The van der Waals surface area contributed by atoms with Gasteiger partial charge in [0.2, 0.25) is 0 Å². The topological polar surface area (TPSA) is 59.6 Å². The van der Waals surface area contributed by atoms with Crippen molar-refractivity contribution in [3.05, 3.63) is 34.6 Å². The lowest BCUT2D eigenvalue weighted by molar-refractivity contribution is 0.00471. The van der Waals surface area contributed by atoms with Gasteiger partial charge < -0.3 is 20.1 Å². The molecule has 0 aliphatic carbocycles. The molecule has 7 heteroatoms. The minimum Gasteiger partial charge on any atom is -0.453 e. The number of benzene rings is 1. The van der Waals surface area contributed by atoms with E-state index in [9.17, 15) is 9.18 Å². The highest BCUT2D eigenvalue weighted by Gasteiger charge is 2.26. The normalized spacial score (nSPS) is 19.2. The van der Waals surface area contributed by atoms with Crippen molar-refractivity contribution in [1.82, 2.24) is 10.6 Å². The zero-order valence-corrected chi connectivity index (χ0v) is 13.9. The number of nitrogens with one attached hydrogen (secondary N) is 2. The highest BCUT2D eigenvalue weighted by atomic mass is 35.5. The van der Waals surface area contributed by atoms with Crippen LogP contribution in [0.5, 0.6) is 0 Å².